The van der Waals surface area contributed by atoms with E-state index in [1.165, 1.54) is 43.6 Å². The first-order valence-corrected chi connectivity index (χ1v) is 7.23. The zero-order valence-electron chi connectivity index (χ0n) is 10.8. The number of nitrogens with one attached hydrogen (secondary N) is 1. The number of carbonyl (C=O) groups is 1. The molecule has 0 spiro atoms. The van der Waals surface area contributed by atoms with E-state index in [1.54, 1.807) is 0 Å². The zero-order valence-corrected chi connectivity index (χ0v) is 11.6. The van der Waals surface area contributed by atoms with E-state index in [1.807, 2.05) is 13.0 Å². The van der Waals surface area contributed by atoms with Crippen LogP contribution >= 0.6 is 11.5 Å². The van der Waals surface area contributed by atoms with Gasteiger partial charge < -0.3 is 5.32 Å². The molecule has 1 amide bonds. The molecule has 0 aliphatic rings. The van der Waals surface area contributed by atoms with Gasteiger partial charge in [-0.3, -0.25) is 4.79 Å². The summed E-state index contributed by atoms with van der Waals surface area (Å²) in [5.74, 6) is 0.0177. The number of carbonyl (C=O) groups excluding carboxylic acids is 1. The van der Waals surface area contributed by atoms with Crippen molar-refractivity contribution in [3.63, 3.8) is 0 Å². The van der Waals surface area contributed by atoms with Gasteiger partial charge in [0.2, 0.25) is 0 Å². The first kappa shape index (κ1) is 14.2. The predicted octanol–water partition coefficient (Wildman–Crippen LogP) is 3.54. The Balaban J connectivity index is 2.05. The van der Waals surface area contributed by atoms with E-state index in [4.69, 9.17) is 0 Å². The van der Waals surface area contributed by atoms with Crippen LogP contribution in [-0.4, -0.2) is 16.8 Å². The summed E-state index contributed by atoms with van der Waals surface area (Å²) < 4.78 is 4.10. The highest BCUT2D eigenvalue weighted by atomic mass is 32.1. The molecular weight excluding hydrogens is 232 g/mol. The van der Waals surface area contributed by atoms with Crippen LogP contribution in [0.4, 0.5) is 0 Å². The topological polar surface area (TPSA) is 42.0 Å². The molecule has 96 valence electrons. The summed E-state index contributed by atoms with van der Waals surface area (Å²) in [6.45, 7) is 4.90. The van der Waals surface area contributed by atoms with Crippen LogP contribution in [-0.2, 0) is 0 Å². The predicted molar refractivity (Wildman–Crippen MR) is 72.6 cm³/mol. The Labute approximate surface area is 108 Å². The minimum absolute atomic E-state index is 0.0177. The molecule has 1 N–H and O–H groups in total. The summed E-state index contributed by atoms with van der Waals surface area (Å²) >= 11 is 1.27. The minimum atomic E-state index is 0.0177. The van der Waals surface area contributed by atoms with Crippen LogP contribution in [0.1, 0.15) is 60.8 Å². The Kier molecular flexibility index (Phi) is 6.86. The number of nitrogens with zero attached hydrogens (tertiary/aromatic N) is 1. The van der Waals surface area contributed by atoms with Crippen LogP contribution in [0.25, 0.3) is 0 Å². The van der Waals surface area contributed by atoms with Crippen LogP contribution in [0.15, 0.2) is 6.07 Å². The number of aryl methyl sites for hydroxylation is 1. The van der Waals surface area contributed by atoms with Crippen LogP contribution in [0, 0.1) is 6.92 Å². The van der Waals surface area contributed by atoms with Gasteiger partial charge >= 0.3 is 0 Å². The lowest BCUT2D eigenvalue weighted by Crippen LogP contribution is -2.23. The normalized spacial score (nSPS) is 10.5. The third-order valence-electron chi connectivity index (χ3n) is 2.67. The lowest BCUT2D eigenvalue weighted by Gasteiger charge is -2.03. The molecule has 0 aliphatic heterocycles. The second kappa shape index (κ2) is 8.23. The number of amides is 1. The second-order valence-corrected chi connectivity index (χ2v) is 5.16. The molecule has 17 heavy (non-hydrogen) atoms. The first-order chi connectivity index (χ1) is 8.24. The molecule has 1 aromatic rings. The van der Waals surface area contributed by atoms with E-state index in [0.29, 0.717) is 4.88 Å². The van der Waals surface area contributed by atoms with Crippen LogP contribution in [0.5, 0.6) is 0 Å². The molecule has 3 nitrogen and oxygen atoms in total. The average molecular weight is 254 g/mol. The smallest absolute Gasteiger partial charge is 0.262 e. The van der Waals surface area contributed by atoms with Gasteiger partial charge in [-0.1, -0.05) is 39.0 Å². The molecule has 0 aliphatic carbocycles. The van der Waals surface area contributed by atoms with Crippen molar-refractivity contribution in [3.8, 4) is 0 Å². The van der Waals surface area contributed by atoms with Gasteiger partial charge in [0.05, 0.1) is 5.69 Å². The number of hydrogen-bond donors (Lipinski definition) is 1. The Morgan fingerprint density at radius 1 is 1.29 bits per heavy atom. The summed E-state index contributed by atoms with van der Waals surface area (Å²) in [6, 6.07) is 1.83. The van der Waals surface area contributed by atoms with Gasteiger partial charge in [-0.25, -0.2) is 0 Å². The molecule has 0 unspecified atom stereocenters. The maximum atomic E-state index is 11.7. The molecule has 0 radical (unpaired) electrons. The Bertz CT molecular complexity index is 336. The third kappa shape index (κ3) is 5.82. The molecule has 4 heteroatoms. The summed E-state index contributed by atoms with van der Waals surface area (Å²) in [5, 5.41) is 2.93. The van der Waals surface area contributed by atoms with Gasteiger partial charge in [0.15, 0.2) is 0 Å². The number of unbranched alkanes of at least 4 members (excludes halogenated alkanes) is 5. The quantitative estimate of drug-likeness (QED) is 0.721. The van der Waals surface area contributed by atoms with Crippen molar-refractivity contribution >= 4 is 17.4 Å². The van der Waals surface area contributed by atoms with Crippen molar-refractivity contribution in [2.75, 3.05) is 6.54 Å². The van der Waals surface area contributed by atoms with Gasteiger partial charge in [0, 0.05) is 6.54 Å². The van der Waals surface area contributed by atoms with E-state index in [9.17, 15) is 4.79 Å². The lowest BCUT2D eigenvalue weighted by molar-refractivity contribution is 0.0957. The average Bonchev–Trinajstić information content (AvgIpc) is 2.74. The summed E-state index contributed by atoms with van der Waals surface area (Å²) in [6.07, 6.45) is 7.49. The van der Waals surface area contributed by atoms with E-state index in [-0.39, 0.29) is 5.91 Å². The number of hydrogen-bond acceptors (Lipinski definition) is 3. The fourth-order valence-corrected chi connectivity index (χ4v) is 2.34. The van der Waals surface area contributed by atoms with Crippen LogP contribution in [0.2, 0.25) is 0 Å². The summed E-state index contributed by atoms with van der Waals surface area (Å²) in [7, 11) is 0. The molecule has 0 aromatic carbocycles. The van der Waals surface area contributed by atoms with Crippen LogP contribution in [0.3, 0.4) is 0 Å². The maximum Gasteiger partial charge on any atom is 0.262 e. The minimum Gasteiger partial charge on any atom is -0.351 e. The highest BCUT2D eigenvalue weighted by molar-refractivity contribution is 7.08. The molecular formula is C13H22N2OS. The van der Waals surface area contributed by atoms with Gasteiger partial charge in [-0.05, 0) is 30.9 Å². The fraction of sp³-hybridized carbons (Fsp3) is 0.692. The van der Waals surface area contributed by atoms with E-state index in [2.05, 4.69) is 16.6 Å². The van der Waals surface area contributed by atoms with Gasteiger partial charge in [0.25, 0.3) is 5.91 Å². The number of aromatic nitrogens is 1. The standard InChI is InChI=1S/C13H22N2OS/c1-3-4-5-6-7-8-9-14-13(16)12-10-11(2)15-17-12/h10H,3-9H2,1-2H3,(H,14,16). The van der Waals surface area contributed by atoms with Crippen molar-refractivity contribution < 1.29 is 4.79 Å². The molecule has 0 atom stereocenters. The molecule has 0 bridgehead atoms. The molecule has 1 aromatic heterocycles. The number of rotatable bonds is 8. The molecule has 0 saturated carbocycles. The van der Waals surface area contributed by atoms with Crippen LogP contribution < -0.4 is 5.32 Å². The van der Waals surface area contributed by atoms with Crippen molar-refractivity contribution in [1.29, 1.82) is 0 Å². The highest BCUT2D eigenvalue weighted by Crippen LogP contribution is 2.09. The largest absolute Gasteiger partial charge is 0.351 e. The van der Waals surface area contributed by atoms with Crippen molar-refractivity contribution in [1.82, 2.24) is 9.69 Å². The van der Waals surface area contributed by atoms with E-state index in [0.717, 1.165) is 18.7 Å². The lowest BCUT2D eigenvalue weighted by atomic mass is 10.1. The van der Waals surface area contributed by atoms with E-state index >= 15 is 0 Å². The van der Waals surface area contributed by atoms with Crippen molar-refractivity contribution in [2.24, 2.45) is 0 Å². The highest BCUT2D eigenvalue weighted by Gasteiger charge is 2.07. The fourth-order valence-electron chi connectivity index (χ4n) is 1.66. The SMILES string of the molecule is CCCCCCCCNC(=O)c1cc(C)ns1. The third-order valence-corrected chi connectivity index (χ3v) is 3.55. The van der Waals surface area contributed by atoms with Gasteiger partial charge in [0.1, 0.15) is 4.88 Å². The van der Waals surface area contributed by atoms with Gasteiger partial charge in [-0.2, -0.15) is 4.37 Å². The Morgan fingerprint density at radius 3 is 2.65 bits per heavy atom. The molecule has 0 saturated heterocycles. The van der Waals surface area contributed by atoms with Crippen molar-refractivity contribution in [2.45, 2.75) is 52.4 Å². The van der Waals surface area contributed by atoms with E-state index < -0.39 is 0 Å². The first-order valence-electron chi connectivity index (χ1n) is 6.45. The monoisotopic (exact) mass is 254 g/mol. The molecule has 0 fully saturated rings. The summed E-state index contributed by atoms with van der Waals surface area (Å²) in [4.78, 5) is 12.4. The Hall–Kier alpha value is -0.900. The summed E-state index contributed by atoms with van der Waals surface area (Å²) in [5.41, 5.74) is 0.916. The molecule has 1 rings (SSSR count). The maximum absolute atomic E-state index is 11.7. The second-order valence-electron chi connectivity index (χ2n) is 4.36. The van der Waals surface area contributed by atoms with Crippen molar-refractivity contribution in [3.05, 3.63) is 16.6 Å². The Morgan fingerprint density at radius 2 is 2.00 bits per heavy atom. The zero-order chi connectivity index (χ0) is 12.5. The molecule has 1 heterocycles. The van der Waals surface area contributed by atoms with Gasteiger partial charge in [-0.15, -0.1) is 0 Å².